The van der Waals surface area contributed by atoms with Crippen LogP contribution in [0.4, 0.5) is 5.13 Å². The van der Waals surface area contributed by atoms with E-state index < -0.39 is 0 Å². The van der Waals surface area contributed by atoms with Crippen LogP contribution in [-0.2, 0) is 11.3 Å². The van der Waals surface area contributed by atoms with E-state index >= 15 is 0 Å². The predicted octanol–water partition coefficient (Wildman–Crippen LogP) is 2.61. The van der Waals surface area contributed by atoms with Crippen molar-refractivity contribution < 1.29 is 4.74 Å². The summed E-state index contributed by atoms with van der Waals surface area (Å²) in [4.78, 5) is 6.64. The van der Waals surface area contributed by atoms with Gasteiger partial charge in [0.15, 0.2) is 5.13 Å². The van der Waals surface area contributed by atoms with Crippen molar-refractivity contribution in [3.63, 3.8) is 0 Å². The lowest BCUT2D eigenvalue weighted by Gasteiger charge is -2.06. The van der Waals surface area contributed by atoms with Crippen LogP contribution >= 0.6 is 11.3 Å². The summed E-state index contributed by atoms with van der Waals surface area (Å²) >= 11 is 1.66. The minimum absolute atomic E-state index is 0.740. The fraction of sp³-hybridized carbons (Fsp3) is 0.400. The number of hydrogen-bond donors (Lipinski definition) is 1. The lowest BCUT2D eigenvalue weighted by atomic mass is 10.1. The first-order valence-electron chi connectivity index (χ1n) is 6.62. The van der Waals surface area contributed by atoms with E-state index in [0.717, 1.165) is 36.1 Å². The number of anilines is 1. The third-order valence-corrected chi connectivity index (χ3v) is 3.94. The molecule has 1 aromatic heterocycles. The van der Waals surface area contributed by atoms with E-state index in [4.69, 9.17) is 4.74 Å². The highest BCUT2D eigenvalue weighted by molar-refractivity contribution is 7.14. The molecule has 2 aromatic rings. The molecule has 1 aromatic carbocycles. The van der Waals surface area contributed by atoms with Crippen molar-refractivity contribution in [2.75, 3.05) is 39.3 Å². The topological polar surface area (TPSA) is 37.4 Å². The van der Waals surface area contributed by atoms with Crippen LogP contribution in [0, 0.1) is 0 Å². The molecule has 0 amide bonds. The van der Waals surface area contributed by atoms with Gasteiger partial charge in [-0.1, -0.05) is 24.3 Å². The quantitative estimate of drug-likeness (QED) is 0.796. The summed E-state index contributed by atoms with van der Waals surface area (Å²) in [6, 6.07) is 8.54. The van der Waals surface area contributed by atoms with Crippen molar-refractivity contribution in [2.45, 2.75) is 6.54 Å². The Bertz CT molecular complexity index is 522. The van der Waals surface area contributed by atoms with E-state index in [9.17, 15) is 0 Å². The van der Waals surface area contributed by atoms with E-state index in [1.807, 2.05) is 19.0 Å². The summed E-state index contributed by atoms with van der Waals surface area (Å²) in [5, 5.41) is 6.47. The van der Waals surface area contributed by atoms with Crippen LogP contribution < -0.4 is 10.2 Å². The van der Waals surface area contributed by atoms with Gasteiger partial charge in [-0.3, -0.25) is 0 Å². The van der Waals surface area contributed by atoms with Gasteiger partial charge in [0.2, 0.25) is 0 Å². The zero-order chi connectivity index (χ0) is 14.4. The molecule has 0 atom stereocenters. The van der Waals surface area contributed by atoms with Gasteiger partial charge in [0.05, 0.1) is 12.3 Å². The SMILES string of the molecule is COCCNCc1ccc(-c2csc(N(C)C)n2)cc1. The fourth-order valence-corrected chi connectivity index (χ4v) is 2.57. The highest BCUT2D eigenvalue weighted by Gasteiger charge is 2.05. The highest BCUT2D eigenvalue weighted by atomic mass is 32.1. The highest BCUT2D eigenvalue weighted by Crippen LogP contribution is 2.26. The molecule has 0 bridgehead atoms. The first-order chi connectivity index (χ1) is 9.70. The Morgan fingerprint density at radius 2 is 2.00 bits per heavy atom. The van der Waals surface area contributed by atoms with Crippen molar-refractivity contribution >= 4 is 16.5 Å². The van der Waals surface area contributed by atoms with Gasteiger partial charge in [-0.25, -0.2) is 4.98 Å². The van der Waals surface area contributed by atoms with Crippen LogP contribution in [0.3, 0.4) is 0 Å². The summed E-state index contributed by atoms with van der Waals surface area (Å²) in [5.74, 6) is 0. The van der Waals surface area contributed by atoms with Crippen LogP contribution in [0.5, 0.6) is 0 Å². The standard InChI is InChI=1S/C15H21N3OS/c1-18(2)15-17-14(11-20-15)13-6-4-12(5-7-13)10-16-8-9-19-3/h4-7,11,16H,8-10H2,1-3H3. The first-order valence-corrected chi connectivity index (χ1v) is 7.50. The third-order valence-electron chi connectivity index (χ3n) is 2.94. The van der Waals surface area contributed by atoms with Gasteiger partial charge in [0.1, 0.15) is 0 Å². The van der Waals surface area contributed by atoms with Gasteiger partial charge >= 0.3 is 0 Å². The molecular weight excluding hydrogens is 270 g/mol. The Kier molecular flexibility index (Phi) is 5.52. The number of rotatable bonds is 7. The molecule has 0 saturated carbocycles. The fourth-order valence-electron chi connectivity index (χ4n) is 1.80. The van der Waals surface area contributed by atoms with E-state index in [-0.39, 0.29) is 0 Å². The molecule has 5 heteroatoms. The molecule has 0 fully saturated rings. The van der Waals surface area contributed by atoms with E-state index in [2.05, 4.69) is 39.9 Å². The molecule has 0 aliphatic heterocycles. The molecule has 0 spiro atoms. The number of aromatic nitrogens is 1. The maximum atomic E-state index is 5.00. The monoisotopic (exact) mass is 291 g/mol. The summed E-state index contributed by atoms with van der Waals surface area (Å²) in [7, 11) is 5.74. The number of thiazole rings is 1. The summed E-state index contributed by atoms with van der Waals surface area (Å²) in [5.41, 5.74) is 3.47. The Balaban J connectivity index is 1.96. The van der Waals surface area contributed by atoms with E-state index in [1.165, 1.54) is 5.56 Å². The first kappa shape index (κ1) is 15.0. The van der Waals surface area contributed by atoms with Gasteiger partial charge < -0.3 is 15.0 Å². The van der Waals surface area contributed by atoms with Gasteiger partial charge in [-0.15, -0.1) is 11.3 Å². The Hall–Kier alpha value is -1.43. The van der Waals surface area contributed by atoms with Crippen molar-refractivity contribution in [1.29, 1.82) is 0 Å². The summed E-state index contributed by atoms with van der Waals surface area (Å²) in [6.45, 7) is 2.48. The molecule has 1 N–H and O–H groups in total. The molecule has 0 aliphatic rings. The largest absolute Gasteiger partial charge is 0.383 e. The number of methoxy groups -OCH3 is 1. The number of nitrogens with zero attached hydrogens (tertiary/aromatic N) is 2. The molecule has 20 heavy (non-hydrogen) atoms. The molecule has 0 radical (unpaired) electrons. The lowest BCUT2D eigenvalue weighted by molar-refractivity contribution is 0.199. The average molecular weight is 291 g/mol. The summed E-state index contributed by atoms with van der Waals surface area (Å²) in [6.07, 6.45) is 0. The average Bonchev–Trinajstić information content (AvgIpc) is 2.94. The molecule has 0 aliphatic carbocycles. The predicted molar refractivity (Wildman–Crippen MR) is 85.5 cm³/mol. The second kappa shape index (κ2) is 7.38. The molecule has 1 heterocycles. The van der Waals surface area contributed by atoms with Crippen LogP contribution in [0.15, 0.2) is 29.6 Å². The maximum Gasteiger partial charge on any atom is 0.185 e. The van der Waals surface area contributed by atoms with Crippen molar-refractivity contribution in [3.8, 4) is 11.3 Å². The molecule has 4 nitrogen and oxygen atoms in total. The number of hydrogen-bond acceptors (Lipinski definition) is 5. The van der Waals surface area contributed by atoms with Crippen LogP contribution in [0.2, 0.25) is 0 Å². The van der Waals surface area contributed by atoms with Crippen molar-refractivity contribution in [2.24, 2.45) is 0 Å². The third kappa shape index (κ3) is 4.03. The Labute approximate surface area is 124 Å². The second-order valence-corrected chi connectivity index (χ2v) is 5.61. The molecule has 2 rings (SSSR count). The lowest BCUT2D eigenvalue weighted by Crippen LogP contribution is -2.18. The zero-order valence-corrected chi connectivity index (χ0v) is 13.0. The van der Waals surface area contributed by atoms with E-state index in [0.29, 0.717) is 0 Å². The van der Waals surface area contributed by atoms with E-state index in [1.54, 1.807) is 18.4 Å². The molecular formula is C15H21N3OS. The maximum absolute atomic E-state index is 5.00. The minimum atomic E-state index is 0.740. The molecule has 0 saturated heterocycles. The Morgan fingerprint density at radius 3 is 2.60 bits per heavy atom. The van der Waals surface area contributed by atoms with Crippen LogP contribution in [0.25, 0.3) is 11.3 Å². The van der Waals surface area contributed by atoms with Gasteiger partial charge in [-0.05, 0) is 5.56 Å². The second-order valence-electron chi connectivity index (χ2n) is 4.78. The smallest absolute Gasteiger partial charge is 0.185 e. The molecule has 0 unspecified atom stereocenters. The van der Waals surface area contributed by atoms with Crippen LogP contribution in [-0.4, -0.2) is 39.3 Å². The number of nitrogens with one attached hydrogen (secondary N) is 1. The number of benzene rings is 1. The summed E-state index contributed by atoms with van der Waals surface area (Å²) < 4.78 is 5.00. The van der Waals surface area contributed by atoms with Gasteiger partial charge in [0, 0.05) is 45.2 Å². The van der Waals surface area contributed by atoms with Gasteiger partial charge in [0.25, 0.3) is 0 Å². The zero-order valence-electron chi connectivity index (χ0n) is 12.2. The molecule has 108 valence electrons. The minimum Gasteiger partial charge on any atom is -0.383 e. The number of ether oxygens (including phenoxy) is 1. The van der Waals surface area contributed by atoms with Crippen LogP contribution in [0.1, 0.15) is 5.56 Å². The van der Waals surface area contributed by atoms with Gasteiger partial charge in [-0.2, -0.15) is 0 Å². The van der Waals surface area contributed by atoms with Crippen molar-refractivity contribution in [3.05, 3.63) is 35.2 Å². The van der Waals surface area contributed by atoms with Crippen molar-refractivity contribution in [1.82, 2.24) is 10.3 Å². The Morgan fingerprint density at radius 1 is 1.25 bits per heavy atom. The normalized spacial score (nSPS) is 10.8.